The summed E-state index contributed by atoms with van der Waals surface area (Å²) >= 11 is 6.91. The summed E-state index contributed by atoms with van der Waals surface area (Å²) in [5.74, 6) is -1.64. The molecule has 1 aromatic carbocycles. The molecule has 0 saturated heterocycles. The number of carbonyl (C=O) groups excluding carboxylic acids is 1. The summed E-state index contributed by atoms with van der Waals surface area (Å²) in [7, 11) is 0. The molecule has 1 N–H and O–H groups in total. The van der Waals surface area contributed by atoms with E-state index in [0.29, 0.717) is 16.8 Å². The largest absolute Gasteiger partial charge is 0.323 e. The van der Waals surface area contributed by atoms with Crippen LogP contribution in [0, 0.1) is 11.6 Å². The van der Waals surface area contributed by atoms with Crippen LogP contribution in [-0.2, 0) is 17.1 Å². The van der Waals surface area contributed by atoms with E-state index in [1.165, 1.54) is 17.4 Å². The number of aromatic nitrogens is 1. The number of amides is 1. The van der Waals surface area contributed by atoms with E-state index in [9.17, 15) is 13.6 Å². The standard InChI is InChI=1S/C12H9ClF2N2OS/c13-5-8-6-19-12(16-8)4-11(18)17-10-2-1-7(14)3-9(10)15/h1-3,6H,4-5H2,(H,17,18). The molecule has 0 saturated carbocycles. The summed E-state index contributed by atoms with van der Waals surface area (Å²) in [6, 6.07) is 2.97. The molecular weight excluding hydrogens is 294 g/mol. The molecule has 1 aromatic heterocycles. The van der Waals surface area contributed by atoms with Crippen molar-refractivity contribution in [1.82, 2.24) is 4.98 Å². The zero-order chi connectivity index (χ0) is 13.8. The van der Waals surface area contributed by atoms with Crippen molar-refractivity contribution >= 4 is 34.5 Å². The van der Waals surface area contributed by atoms with Crippen molar-refractivity contribution in [3.63, 3.8) is 0 Å². The van der Waals surface area contributed by atoms with Crippen LogP contribution in [0.4, 0.5) is 14.5 Å². The zero-order valence-electron chi connectivity index (χ0n) is 9.62. The molecule has 19 heavy (non-hydrogen) atoms. The number of anilines is 1. The average Bonchev–Trinajstić information content (AvgIpc) is 2.80. The van der Waals surface area contributed by atoms with Gasteiger partial charge in [0.1, 0.15) is 16.6 Å². The fourth-order valence-electron chi connectivity index (χ4n) is 1.41. The van der Waals surface area contributed by atoms with Gasteiger partial charge in [-0.25, -0.2) is 13.8 Å². The maximum Gasteiger partial charge on any atom is 0.231 e. The Morgan fingerprint density at radius 3 is 2.84 bits per heavy atom. The van der Waals surface area contributed by atoms with E-state index in [1.54, 1.807) is 5.38 Å². The van der Waals surface area contributed by atoms with Gasteiger partial charge in [0.25, 0.3) is 0 Å². The van der Waals surface area contributed by atoms with Gasteiger partial charge in [-0.2, -0.15) is 0 Å². The third kappa shape index (κ3) is 3.71. The lowest BCUT2D eigenvalue weighted by molar-refractivity contribution is -0.115. The second kappa shape index (κ2) is 6.08. The van der Waals surface area contributed by atoms with Crippen LogP contribution >= 0.6 is 22.9 Å². The smallest absolute Gasteiger partial charge is 0.231 e. The van der Waals surface area contributed by atoms with Crippen molar-refractivity contribution in [3.05, 3.63) is 45.9 Å². The molecule has 0 aliphatic carbocycles. The monoisotopic (exact) mass is 302 g/mol. The molecule has 0 aliphatic heterocycles. The Morgan fingerprint density at radius 2 is 2.21 bits per heavy atom. The predicted octanol–water partition coefficient (Wildman–Crippen LogP) is 3.34. The van der Waals surface area contributed by atoms with Gasteiger partial charge in [-0.3, -0.25) is 4.79 Å². The average molecular weight is 303 g/mol. The molecule has 0 bridgehead atoms. The van der Waals surface area contributed by atoms with Gasteiger partial charge >= 0.3 is 0 Å². The Bertz CT molecular complexity index is 603. The predicted molar refractivity (Wildman–Crippen MR) is 70.4 cm³/mol. The minimum absolute atomic E-state index is 0.0262. The molecule has 0 radical (unpaired) electrons. The zero-order valence-corrected chi connectivity index (χ0v) is 11.2. The second-order valence-corrected chi connectivity index (χ2v) is 4.93. The highest BCUT2D eigenvalue weighted by Gasteiger charge is 2.11. The highest BCUT2D eigenvalue weighted by molar-refractivity contribution is 7.09. The van der Waals surface area contributed by atoms with Crippen LogP contribution < -0.4 is 5.32 Å². The van der Waals surface area contributed by atoms with E-state index < -0.39 is 17.5 Å². The highest BCUT2D eigenvalue weighted by Crippen LogP contribution is 2.16. The Hall–Kier alpha value is -1.53. The molecule has 0 unspecified atom stereocenters. The highest BCUT2D eigenvalue weighted by atomic mass is 35.5. The van der Waals surface area contributed by atoms with E-state index in [0.717, 1.165) is 6.07 Å². The van der Waals surface area contributed by atoms with Gasteiger partial charge < -0.3 is 5.32 Å². The number of rotatable bonds is 4. The third-order valence-corrected chi connectivity index (χ3v) is 3.42. The maximum absolute atomic E-state index is 13.3. The molecule has 100 valence electrons. The van der Waals surface area contributed by atoms with Crippen LogP contribution in [0.2, 0.25) is 0 Å². The summed E-state index contributed by atoms with van der Waals surface area (Å²) in [6.45, 7) is 0. The molecule has 0 aliphatic rings. The van der Waals surface area contributed by atoms with Gasteiger partial charge in [0, 0.05) is 11.4 Å². The number of nitrogens with one attached hydrogen (secondary N) is 1. The van der Waals surface area contributed by atoms with Crippen molar-refractivity contribution in [2.24, 2.45) is 0 Å². The molecule has 0 atom stereocenters. The minimum Gasteiger partial charge on any atom is -0.323 e. The van der Waals surface area contributed by atoms with Crippen LogP contribution in [0.3, 0.4) is 0 Å². The van der Waals surface area contributed by atoms with Crippen LogP contribution in [0.1, 0.15) is 10.7 Å². The molecule has 0 fully saturated rings. The normalized spacial score (nSPS) is 10.5. The van der Waals surface area contributed by atoms with Gasteiger partial charge in [0.05, 0.1) is 23.7 Å². The van der Waals surface area contributed by atoms with Crippen LogP contribution in [0.15, 0.2) is 23.6 Å². The lowest BCUT2D eigenvalue weighted by Gasteiger charge is -2.05. The summed E-state index contributed by atoms with van der Waals surface area (Å²) < 4.78 is 26.0. The van der Waals surface area contributed by atoms with Crippen LogP contribution in [0.25, 0.3) is 0 Å². The van der Waals surface area contributed by atoms with E-state index in [-0.39, 0.29) is 18.0 Å². The first-order valence-electron chi connectivity index (χ1n) is 5.32. The van der Waals surface area contributed by atoms with Crippen LogP contribution in [-0.4, -0.2) is 10.9 Å². The molecule has 7 heteroatoms. The van der Waals surface area contributed by atoms with Crippen molar-refractivity contribution in [3.8, 4) is 0 Å². The molecule has 2 rings (SSSR count). The Balaban J connectivity index is 2.01. The van der Waals surface area contributed by atoms with Gasteiger partial charge in [-0.15, -0.1) is 22.9 Å². The first-order chi connectivity index (χ1) is 9.08. The molecule has 3 nitrogen and oxygen atoms in total. The first-order valence-corrected chi connectivity index (χ1v) is 6.74. The lowest BCUT2D eigenvalue weighted by Crippen LogP contribution is -2.15. The van der Waals surface area contributed by atoms with Crippen molar-refractivity contribution in [2.45, 2.75) is 12.3 Å². The van der Waals surface area contributed by atoms with Crippen molar-refractivity contribution in [2.75, 3.05) is 5.32 Å². The fraction of sp³-hybridized carbons (Fsp3) is 0.167. The van der Waals surface area contributed by atoms with E-state index in [1.807, 2.05) is 0 Å². The number of halogens is 3. The first kappa shape index (κ1) is 13.9. The van der Waals surface area contributed by atoms with Gasteiger partial charge in [0.15, 0.2) is 0 Å². The number of benzene rings is 1. The summed E-state index contributed by atoms with van der Waals surface area (Å²) in [5, 5.41) is 4.72. The Morgan fingerprint density at radius 1 is 1.42 bits per heavy atom. The second-order valence-electron chi connectivity index (χ2n) is 3.72. The molecule has 0 spiro atoms. The van der Waals surface area contributed by atoms with E-state index in [2.05, 4.69) is 10.3 Å². The van der Waals surface area contributed by atoms with Gasteiger partial charge in [0.2, 0.25) is 5.91 Å². The van der Waals surface area contributed by atoms with E-state index >= 15 is 0 Å². The lowest BCUT2D eigenvalue weighted by atomic mass is 10.3. The third-order valence-electron chi connectivity index (χ3n) is 2.25. The number of hydrogen-bond acceptors (Lipinski definition) is 3. The topological polar surface area (TPSA) is 42.0 Å². The van der Waals surface area contributed by atoms with E-state index in [4.69, 9.17) is 11.6 Å². The Labute approximate surface area is 117 Å². The molecule has 2 aromatic rings. The molecule has 1 heterocycles. The quantitative estimate of drug-likeness (QED) is 0.880. The van der Waals surface area contributed by atoms with Crippen molar-refractivity contribution in [1.29, 1.82) is 0 Å². The number of hydrogen-bond donors (Lipinski definition) is 1. The molecular formula is C12H9ClF2N2OS. The molecule has 1 amide bonds. The van der Waals surface area contributed by atoms with Crippen molar-refractivity contribution < 1.29 is 13.6 Å². The number of alkyl halides is 1. The van der Waals surface area contributed by atoms with Gasteiger partial charge in [-0.1, -0.05) is 0 Å². The summed E-state index contributed by atoms with van der Waals surface area (Å²) in [5.41, 5.74) is 0.642. The number of carbonyl (C=O) groups is 1. The summed E-state index contributed by atoms with van der Waals surface area (Å²) in [6.07, 6.45) is 0.0262. The van der Waals surface area contributed by atoms with Gasteiger partial charge in [-0.05, 0) is 12.1 Å². The number of thiazole rings is 1. The summed E-state index contributed by atoms with van der Waals surface area (Å²) in [4.78, 5) is 15.8. The van der Waals surface area contributed by atoms with Crippen LogP contribution in [0.5, 0.6) is 0 Å². The number of nitrogens with zero attached hydrogens (tertiary/aromatic N) is 1. The maximum atomic E-state index is 13.3. The Kier molecular flexibility index (Phi) is 4.44. The minimum atomic E-state index is -0.811. The fourth-order valence-corrected chi connectivity index (χ4v) is 2.43. The SMILES string of the molecule is O=C(Cc1nc(CCl)cs1)Nc1ccc(F)cc1F.